The quantitative estimate of drug-likeness (QED) is 0.477. The molecule has 0 radical (unpaired) electrons. The molecule has 0 bridgehead atoms. The predicted octanol–water partition coefficient (Wildman–Crippen LogP) is 6.00. The minimum absolute atomic E-state index is 0.145. The van der Waals surface area contributed by atoms with Gasteiger partial charge in [-0.15, -0.1) is 0 Å². The summed E-state index contributed by atoms with van der Waals surface area (Å²) < 4.78 is 12.2. The molecule has 0 aliphatic heterocycles. The van der Waals surface area contributed by atoms with Gasteiger partial charge in [-0.3, -0.25) is 0 Å². The van der Waals surface area contributed by atoms with Crippen LogP contribution in [0.4, 0.5) is 0 Å². The van der Waals surface area contributed by atoms with Crippen molar-refractivity contribution in [2.45, 2.75) is 59.7 Å². The molecule has 1 N–H and O–H groups in total. The largest absolute Gasteiger partial charge is 0.543 e. The molecule has 3 nitrogen and oxygen atoms in total. The third-order valence-corrected chi connectivity index (χ3v) is 9.16. The van der Waals surface area contributed by atoms with Crippen LogP contribution < -0.4 is 14.5 Å². The number of benzene rings is 1. The standard InChI is InChI=1S/C21H35NO2Si/c1-10-22-17(3)15-14-16(2)20-18(23-7)12-11-13-19(20)24-25(8,9)21(4,5)6/h11-15,22H,10H2,1-9H3/b16-14+,17-15+. The van der Waals surface area contributed by atoms with Gasteiger partial charge in [0.2, 0.25) is 0 Å². The molecule has 4 heteroatoms. The number of ether oxygens (including phenoxy) is 1. The Hall–Kier alpha value is -1.68. The molecule has 0 fully saturated rings. The first-order chi connectivity index (χ1) is 11.5. The van der Waals surface area contributed by atoms with Crippen molar-refractivity contribution in [1.29, 1.82) is 0 Å². The number of nitrogens with one attached hydrogen (secondary N) is 1. The fourth-order valence-corrected chi connectivity index (χ4v) is 3.28. The van der Waals surface area contributed by atoms with E-state index in [1.807, 2.05) is 12.1 Å². The van der Waals surface area contributed by atoms with Gasteiger partial charge in [0.25, 0.3) is 8.32 Å². The Bertz CT molecular complexity index is 640. The van der Waals surface area contributed by atoms with Crippen LogP contribution in [-0.2, 0) is 0 Å². The van der Waals surface area contributed by atoms with E-state index >= 15 is 0 Å². The van der Waals surface area contributed by atoms with Crippen LogP contribution in [0.15, 0.2) is 36.0 Å². The van der Waals surface area contributed by atoms with E-state index in [9.17, 15) is 0 Å². The fraction of sp³-hybridized carbons (Fsp3) is 0.524. The Labute approximate surface area is 155 Å². The summed E-state index contributed by atoms with van der Waals surface area (Å²) in [6.45, 7) is 18.5. The third kappa shape index (κ3) is 5.67. The van der Waals surface area contributed by atoms with Crippen molar-refractivity contribution in [3.05, 3.63) is 41.6 Å². The summed E-state index contributed by atoms with van der Waals surface area (Å²) in [4.78, 5) is 0. The first kappa shape index (κ1) is 21.4. The Balaban J connectivity index is 3.34. The first-order valence-electron chi connectivity index (χ1n) is 8.99. The van der Waals surface area contributed by atoms with Crippen LogP contribution in [0.1, 0.15) is 47.1 Å². The highest BCUT2D eigenvalue weighted by Crippen LogP contribution is 2.41. The lowest BCUT2D eigenvalue weighted by atomic mass is 10.0. The number of rotatable bonds is 7. The molecular weight excluding hydrogens is 326 g/mol. The van der Waals surface area contributed by atoms with E-state index in [-0.39, 0.29) is 5.04 Å². The summed E-state index contributed by atoms with van der Waals surface area (Å²) in [6, 6.07) is 6.04. The molecule has 140 valence electrons. The Kier molecular flexibility index (Phi) is 7.36. The summed E-state index contributed by atoms with van der Waals surface area (Å²) in [5.41, 5.74) is 3.31. The molecular formula is C21H35NO2Si. The molecule has 1 aromatic rings. The van der Waals surface area contributed by atoms with Gasteiger partial charge in [-0.2, -0.15) is 0 Å². The van der Waals surface area contributed by atoms with Gasteiger partial charge in [-0.25, -0.2) is 0 Å². The number of methoxy groups -OCH3 is 1. The number of hydrogen-bond acceptors (Lipinski definition) is 3. The normalized spacial score (nSPS) is 13.6. The molecule has 0 heterocycles. The number of allylic oxidation sites excluding steroid dienone is 4. The minimum atomic E-state index is -1.93. The van der Waals surface area contributed by atoms with E-state index in [0.29, 0.717) is 0 Å². The highest BCUT2D eigenvalue weighted by molar-refractivity contribution is 6.74. The molecule has 1 aromatic carbocycles. The monoisotopic (exact) mass is 361 g/mol. The van der Waals surface area contributed by atoms with Gasteiger partial charge in [0.1, 0.15) is 11.5 Å². The van der Waals surface area contributed by atoms with Crippen LogP contribution in [-0.4, -0.2) is 22.0 Å². The van der Waals surface area contributed by atoms with Crippen molar-refractivity contribution in [2.75, 3.05) is 13.7 Å². The smallest absolute Gasteiger partial charge is 0.250 e. The lowest BCUT2D eigenvalue weighted by Gasteiger charge is -2.37. The minimum Gasteiger partial charge on any atom is -0.543 e. The highest BCUT2D eigenvalue weighted by Gasteiger charge is 2.39. The average Bonchev–Trinajstić information content (AvgIpc) is 2.51. The number of hydrogen-bond donors (Lipinski definition) is 1. The van der Waals surface area contributed by atoms with Gasteiger partial charge in [0.05, 0.1) is 12.7 Å². The van der Waals surface area contributed by atoms with Crippen LogP contribution in [0.3, 0.4) is 0 Å². The van der Waals surface area contributed by atoms with Crippen LogP contribution in [0.5, 0.6) is 11.5 Å². The van der Waals surface area contributed by atoms with Gasteiger partial charge in [-0.05, 0) is 62.7 Å². The molecule has 0 amide bonds. The molecule has 1 rings (SSSR count). The zero-order valence-corrected chi connectivity index (χ0v) is 18.4. The maximum Gasteiger partial charge on any atom is 0.250 e. The second-order valence-electron chi connectivity index (χ2n) is 7.93. The lowest BCUT2D eigenvalue weighted by molar-refractivity contribution is 0.409. The Morgan fingerprint density at radius 1 is 1.12 bits per heavy atom. The van der Waals surface area contributed by atoms with E-state index in [1.165, 1.54) is 0 Å². The van der Waals surface area contributed by atoms with Crippen LogP contribution >= 0.6 is 0 Å². The van der Waals surface area contributed by atoms with E-state index in [2.05, 4.69) is 78.2 Å². The predicted molar refractivity (Wildman–Crippen MR) is 112 cm³/mol. The third-order valence-electron chi connectivity index (χ3n) is 4.81. The molecule has 0 aliphatic rings. The molecule has 0 aliphatic carbocycles. The van der Waals surface area contributed by atoms with Crippen LogP contribution in [0, 0.1) is 0 Å². The maximum absolute atomic E-state index is 6.60. The fourth-order valence-electron chi connectivity index (χ4n) is 2.25. The molecule has 25 heavy (non-hydrogen) atoms. The SMILES string of the molecule is CCN/C(C)=C/C=C(\C)c1c(OC)cccc1O[Si](C)(C)C(C)(C)C. The molecule has 0 unspecified atom stereocenters. The van der Waals surface area contributed by atoms with Gasteiger partial charge in [0.15, 0.2) is 0 Å². The van der Waals surface area contributed by atoms with Crippen molar-refractivity contribution < 1.29 is 9.16 Å². The zero-order chi connectivity index (χ0) is 19.3. The molecule has 0 spiro atoms. The summed E-state index contributed by atoms with van der Waals surface area (Å²) in [6.07, 6.45) is 4.22. The van der Waals surface area contributed by atoms with Crippen molar-refractivity contribution in [3.8, 4) is 11.5 Å². The zero-order valence-electron chi connectivity index (χ0n) is 17.4. The van der Waals surface area contributed by atoms with E-state index in [1.54, 1.807) is 7.11 Å². The second-order valence-corrected chi connectivity index (χ2v) is 12.7. The van der Waals surface area contributed by atoms with Crippen molar-refractivity contribution in [1.82, 2.24) is 5.32 Å². The topological polar surface area (TPSA) is 30.5 Å². The van der Waals surface area contributed by atoms with Crippen molar-refractivity contribution in [2.24, 2.45) is 0 Å². The first-order valence-corrected chi connectivity index (χ1v) is 11.9. The summed E-state index contributed by atoms with van der Waals surface area (Å²) in [5.74, 6) is 1.76. The van der Waals surface area contributed by atoms with Gasteiger partial charge in [-0.1, -0.05) is 32.9 Å². The second kappa shape index (κ2) is 8.61. The van der Waals surface area contributed by atoms with E-state index in [4.69, 9.17) is 9.16 Å². The molecule has 0 saturated carbocycles. The summed E-state index contributed by atoms with van der Waals surface area (Å²) >= 11 is 0. The van der Waals surface area contributed by atoms with Gasteiger partial charge in [0, 0.05) is 12.2 Å². The van der Waals surface area contributed by atoms with Crippen molar-refractivity contribution >= 4 is 13.9 Å². The van der Waals surface area contributed by atoms with Crippen LogP contribution in [0.25, 0.3) is 5.57 Å². The summed E-state index contributed by atoms with van der Waals surface area (Å²) in [7, 11) is -0.216. The van der Waals surface area contributed by atoms with Gasteiger partial charge < -0.3 is 14.5 Å². The van der Waals surface area contributed by atoms with E-state index in [0.717, 1.165) is 34.9 Å². The van der Waals surface area contributed by atoms with Crippen molar-refractivity contribution in [3.63, 3.8) is 0 Å². The average molecular weight is 362 g/mol. The molecule has 0 aromatic heterocycles. The lowest BCUT2D eigenvalue weighted by Crippen LogP contribution is -2.44. The van der Waals surface area contributed by atoms with Crippen LogP contribution in [0.2, 0.25) is 18.1 Å². The molecule has 0 atom stereocenters. The van der Waals surface area contributed by atoms with Gasteiger partial charge >= 0.3 is 0 Å². The highest BCUT2D eigenvalue weighted by atomic mass is 28.4. The molecule has 0 saturated heterocycles. The Morgan fingerprint density at radius 3 is 2.24 bits per heavy atom. The maximum atomic E-state index is 6.60. The van der Waals surface area contributed by atoms with E-state index < -0.39 is 8.32 Å². The Morgan fingerprint density at radius 2 is 1.72 bits per heavy atom. The summed E-state index contributed by atoms with van der Waals surface area (Å²) in [5, 5.41) is 3.46.